The highest BCUT2D eigenvalue weighted by molar-refractivity contribution is 5.89. The predicted octanol–water partition coefficient (Wildman–Crippen LogP) is 2.54. The van der Waals surface area contributed by atoms with Crippen LogP contribution in [0.3, 0.4) is 0 Å². The molecular weight excluding hydrogens is 316 g/mol. The molecule has 1 rings (SSSR count). The molecule has 25 heavy (non-hydrogen) atoms. The highest BCUT2D eigenvalue weighted by Gasteiger charge is 2.24. The lowest BCUT2D eigenvalue weighted by Crippen LogP contribution is -2.51. The number of unbranched alkanes of at least 4 members (excludes halogenated alkanes) is 1. The lowest BCUT2D eigenvalue weighted by molar-refractivity contribution is -0.129. The number of carbonyl (C=O) groups is 2. The Morgan fingerprint density at radius 1 is 1.12 bits per heavy atom. The van der Waals surface area contributed by atoms with Crippen LogP contribution in [0.1, 0.15) is 52.0 Å². The van der Waals surface area contributed by atoms with Crippen LogP contribution >= 0.6 is 0 Å². The van der Waals surface area contributed by atoms with Gasteiger partial charge in [0.2, 0.25) is 18.1 Å². The third-order valence-electron chi connectivity index (χ3n) is 3.83. The molecule has 0 saturated heterocycles. The highest BCUT2D eigenvalue weighted by Crippen LogP contribution is 2.07. The van der Waals surface area contributed by atoms with Crippen molar-refractivity contribution in [1.82, 2.24) is 10.6 Å². The van der Waals surface area contributed by atoms with Crippen LogP contribution < -0.4 is 10.6 Å². The fraction of sp³-hybridized carbons (Fsp3) is 0.550. The van der Waals surface area contributed by atoms with Crippen LogP contribution in [-0.4, -0.2) is 30.2 Å². The monoisotopic (exact) mass is 345 g/mol. The molecule has 5 nitrogen and oxygen atoms in total. The normalized spacial score (nSPS) is 13.1. The summed E-state index contributed by atoms with van der Waals surface area (Å²) < 4.78 is 0. The Morgan fingerprint density at radius 3 is 2.36 bits per heavy atom. The van der Waals surface area contributed by atoms with Gasteiger partial charge in [0.1, 0.15) is 6.04 Å². The maximum absolute atomic E-state index is 12.6. The van der Waals surface area contributed by atoms with E-state index >= 15 is 0 Å². The van der Waals surface area contributed by atoms with Gasteiger partial charge in [-0.2, -0.15) is 0 Å². The zero-order valence-electron chi connectivity index (χ0n) is 15.4. The molecule has 137 valence electrons. The van der Waals surface area contributed by atoms with Gasteiger partial charge in [-0.1, -0.05) is 63.9 Å². The average molecular weight is 345 g/mol. The molecule has 0 spiro atoms. The molecule has 1 radical (unpaired) electrons. The summed E-state index contributed by atoms with van der Waals surface area (Å²) in [5.41, 5.74) is 0.952. The van der Waals surface area contributed by atoms with Gasteiger partial charge in [0.15, 0.2) is 0 Å². The molecular formula is C20H29N2O3. The second-order valence-corrected chi connectivity index (χ2v) is 6.73. The van der Waals surface area contributed by atoms with Gasteiger partial charge < -0.3 is 10.6 Å². The highest BCUT2D eigenvalue weighted by atomic mass is 16.2. The van der Waals surface area contributed by atoms with Crippen molar-refractivity contribution in [3.63, 3.8) is 0 Å². The van der Waals surface area contributed by atoms with Crippen molar-refractivity contribution in [2.45, 2.75) is 65.0 Å². The van der Waals surface area contributed by atoms with Gasteiger partial charge >= 0.3 is 0 Å². The first kappa shape index (κ1) is 20.9. The molecule has 0 aliphatic heterocycles. The van der Waals surface area contributed by atoms with Gasteiger partial charge in [-0.15, -0.1) is 0 Å². The molecule has 0 saturated carbocycles. The molecule has 0 fully saturated rings. The molecule has 0 aliphatic carbocycles. The first-order valence-electron chi connectivity index (χ1n) is 8.97. The summed E-state index contributed by atoms with van der Waals surface area (Å²) in [6, 6.07) is 8.18. The van der Waals surface area contributed by atoms with E-state index in [9.17, 15) is 14.4 Å². The first-order chi connectivity index (χ1) is 12.0. The molecule has 0 aliphatic rings. The minimum atomic E-state index is -0.703. The quantitative estimate of drug-likeness (QED) is 0.647. The van der Waals surface area contributed by atoms with E-state index in [1.165, 1.54) is 0 Å². The Labute approximate surface area is 150 Å². The van der Waals surface area contributed by atoms with Crippen molar-refractivity contribution in [1.29, 1.82) is 0 Å². The Balaban J connectivity index is 2.78. The second-order valence-electron chi connectivity index (χ2n) is 6.73. The molecule has 0 heterocycles. The van der Waals surface area contributed by atoms with Crippen molar-refractivity contribution in [3.8, 4) is 0 Å². The van der Waals surface area contributed by atoms with Gasteiger partial charge in [0, 0.05) is 12.8 Å². The summed E-state index contributed by atoms with van der Waals surface area (Å²) in [4.78, 5) is 35.8. The number of hydrogen-bond acceptors (Lipinski definition) is 3. The van der Waals surface area contributed by atoms with Gasteiger partial charge in [-0.25, -0.2) is 0 Å². The molecule has 1 aromatic rings. The summed E-state index contributed by atoms with van der Waals surface area (Å²) in [6.45, 7) is 5.93. The summed E-state index contributed by atoms with van der Waals surface area (Å²) in [5.74, 6) is -0.294. The third-order valence-corrected chi connectivity index (χ3v) is 3.83. The van der Waals surface area contributed by atoms with E-state index in [0.717, 1.165) is 18.4 Å². The molecule has 2 atom stereocenters. The standard InChI is InChI=1S/C20H29N2O3/c1-4-5-11-17(14-23)21-20(25)18(22-19(24)12-15(2)3)13-16-9-7-6-8-10-16/h6-10,15,17-18H,4-5,11-13H2,1-3H3,(H,21,25)(H,22,24). The van der Waals surface area contributed by atoms with Crippen LogP contribution in [-0.2, 0) is 20.8 Å². The van der Waals surface area contributed by atoms with E-state index in [2.05, 4.69) is 10.6 Å². The Bertz CT molecular complexity index is 543. The van der Waals surface area contributed by atoms with Crippen LogP contribution in [0.5, 0.6) is 0 Å². The Morgan fingerprint density at radius 2 is 1.80 bits per heavy atom. The Hall–Kier alpha value is -2.17. The van der Waals surface area contributed by atoms with E-state index in [1.54, 1.807) is 0 Å². The smallest absolute Gasteiger partial charge is 0.243 e. The van der Waals surface area contributed by atoms with Crippen molar-refractivity contribution >= 4 is 18.1 Å². The zero-order valence-corrected chi connectivity index (χ0v) is 15.4. The summed E-state index contributed by atoms with van der Waals surface area (Å²) >= 11 is 0. The van der Waals surface area contributed by atoms with E-state index in [-0.39, 0.29) is 17.7 Å². The van der Waals surface area contributed by atoms with Gasteiger partial charge in [-0.05, 0) is 17.9 Å². The maximum atomic E-state index is 12.6. The largest absolute Gasteiger partial charge is 0.344 e. The lowest BCUT2D eigenvalue weighted by Gasteiger charge is -2.21. The number of hydrogen-bond donors (Lipinski definition) is 2. The number of carbonyl (C=O) groups excluding carboxylic acids is 3. The number of rotatable bonds is 11. The number of benzene rings is 1. The topological polar surface area (TPSA) is 75.3 Å². The van der Waals surface area contributed by atoms with Crippen LogP contribution in [0, 0.1) is 5.92 Å². The third kappa shape index (κ3) is 8.47. The predicted molar refractivity (Wildman–Crippen MR) is 98.7 cm³/mol. The van der Waals surface area contributed by atoms with Crippen LogP contribution in [0.25, 0.3) is 0 Å². The maximum Gasteiger partial charge on any atom is 0.243 e. The minimum Gasteiger partial charge on any atom is -0.344 e. The van der Waals surface area contributed by atoms with Crippen molar-refractivity contribution in [3.05, 3.63) is 35.9 Å². The fourth-order valence-corrected chi connectivity index (χ4v) is 2.52. The molecule has 0 bridgehead atoms. The zero-order chi connectivity index (χ0) is 18.7. The minimum absolute atomic E-state index is 0.161. The summed E-state index contributed by atoms with van der Waals surface area (Å²) in [7, 11) is 0. The molecule has 0 aromatic heterocycles. The van der Waals surface area contributed by atoms with Gasteiger partial charge in [0.05, 0.1) is 6.04 Å². The Kier molecular flexibility index (Phi) is 9.51. The molecule has 2 unspecified atom stereocenters. The second kappa shape index (κ2) is 11.4. The number of nitrogens with one attached hydrogen (secondary N) is 2. The van der Waals surface area contributed by atoms with Crippen LogP contribution in [0.15, 0.2) is 30.3 Å². The van der Waals surface area contributed by atoms with Crippen LogP contribution in [0.4, 0.5) is 0 Å². The summed E-state index contributed by atoms with van der Waals surface area (Å²) in [6.07, 6.45) is 4.95. The molecule has 2 amide bonds. The SMILES string of the molecule is CCCCC([C]=O)NC(=O)C(Cc1ccccc1)NC(=O)CC(C)C. The van der Waals surface area contributed by atoms with Gasteiger partial charge in [0.25, 0.3) is 0 Å². The van der Waals surface area contributed by atoms with E-state index in [4.69, 9.17) is 0 Å². The molecule has 2 N–H and O–H groups in total. The van der Waals surface area contributed by atoms with Crippen molar-refractivity contribution < 1.29 is 14.4 Å². The van der Waals surface area contributed by atoms with Crippen molar-refractivity contribution in [2.75, 3.05) is 0 Å². The molecule has 5 heteroatoms. The van der Waals surface area contributed by atoms with E-state index in [0.29, 0.717) is 19.3 Å². The van der Waals surface area contributed by atoms with E-state index < -0.39 is 12.1 Å². The van der Waals surface area contributed by atoms with Gasteiger partial charge in [-0.3, -0.25) is 14.4 Å². The first-order valence-corrected chi connectivity index (χ1v) is 8.97. The van der Waals surface area contributed by atoms with Crippen molar-refractivity contribution in [2.24, 2.45) is 5.92 Å². The van der Waals surface area contributed by atoms with E-state index in [1.807, 2.05) is 57.4 Å². The number of amides is 2. The average Bonchev–Trinajstić information content (AvgIpc) is 2.58. The molecule has 1 aromatic carbocycles. The van der Waals surface area contributed by atoms with Crippen LogP contribution in [0.2, 0.25) is 0 Å². The summed E-state index contributed by atoms with van der Waals surface area (Å²) in [5, 5.41) is 5.50. The fourth-order valence-electron chi connectivity index (χ4n) is 2.52. The lowest BCUT2D eigenvalue weighted by atomic mass is 10.0.